The number of anilines is 1. The molecule has 0 radical (unpaired) electrons. The third-order valence-electron chi connectivity index (χ3n) is 3.54. The van der Waals surface area contributed by atoms with Crippen molar-refractivity contribution in [3.8, 4) is 0 Å². The third-order valence-corrected chi connectivity index (χ3v) is 3.54. The van der Waals surface area contributed by atoms with Crippen LogP contribution in [0.25, 0.3) is 0 Å². The summed E-state index contributed by atoms with van der Waals surface area (Å²) in [5, 5.41) is 14.3. The van der Waals surface area contributed by atoms with Crippen LogP contribution in [0.2, 0.25) is 0 Å². The molecule has 110 valence electrons. The summed E-state index contributed by atoms with van der Waals surface area (Å²) in [4.78, 5) is 10.6. The number of benzene rings is 2. The van der Waals surface area contributed by atoms with Crippen molar-refractivity contribution in [2.45, 2.75) is 26.7 Å². The van der Waals surface area contributed by atoms with Gasteiger partial charge in [0.05, 0.1) is 4.92 Å². The first-order valence-electron chi connectivity index (χ1n) is 7.11. The number of aryl methyl sites for hydroxylation is 3. The fourth-order valence-corrected chi connectivity index (χ4v) is 2.35. The first-order valence-corrected chi connectivity index (χ1v) is 7.11. The molecule has 0 atom stereocenters. The van der Waals surface area contributed by atoms with Crippen LogP contribution in [-0.2, 0) is 6.42 Å². The molecule has 2 rings (SSSR count). The zero-order valence-electron chi connectivity index (χ0n) is 12.4. The minimum atomic E-state index is -0.332. The summed E-state index contributed by atoms with van der Waals surface area (Å²) in [5.41, 5.74) is 4.09. The molecule has 0 amide bonds. The molecule has 1 N–H and O–H groups in total. The van der Waals surface area contributed by atoms with Crippen molar-refractivity contribution in [3.05, 3.63) is 69.3 Å². The van der Waals surface area contributed by atoms with E-state index < -0.39 is 0 Å². The van der Waals surface area contributed by atoms with Gasteiger partial charge in [0, 0.05) is 23.9 Å². The summed E-state index contributed by atoms with van der Waals surface area (Å²) in [6.07, 6.45) is 2.05. The molecule has 0 saturated heterocycles. The summed E-state index contributed by atoms with van der Waals surface area (Å²) < 4.78 is 0. The Morgan fingerprint density at radius 2 is 1.81 bits per heavy atom. The Morgan fingerprint density at radius 3 is 2.48 bits per heavy atom. The van der Waals surface area contributed by atoms with Gasteiger partial charge in [0.2, 0.25) is 0 Å². The lowest BCUT2D eigenvalue weighted by Gasteiger charge is -2.11. The molecule has 0 unspecified atom stereocenters. The Labute approximate surface area is 125 Å². The van der Waals surface area contributed by atoms with E-state index in [0.717, 1.165) is 30.6 Å². The molecule has 4 heteroatoms. The third kappa shape index (κ3) is 4.05. The van der Waals surface area contributed by atoms with Gasteiger partial charge in [0.15, 0.2) is 0 Å². The maximum absolute atomic E-state index is 10.9. The predicted octanol–water partition coefficient (Wildman–Crippen LogP) is 4.26. The van der Waals surface area contributed by atoms with Crippen molar-refractivity contribution in [2.24, 2.45) is 0 Å². The normalized spacial score (nSPS) is 10.4. The minimum Gasteiger partial charge on any atom is -0.385 e. The van der Waals surface area contributed by atoms with Crippen LogP contribution in [0.15, 0.2) is 42.5 Å². The van der Waals surface area contributed by atoms with Gasteiger partial charge in [-0.25, -0.2) is 0 Å². The molecule has 2 aromatic rings. The van der Waals surface area contributed by atoms with Gasteiger partial charge >= 0.3 is 0 Å². The number of hydrogen-bond donors (Lipinski definition) is 1. The summed E-state index contributed by atoms with van der Waals surface area (Å²) in [6.45, 7) is 4.52. The standard InChI is InChI=1S/C17H20N2O2/c1-13-12-17(19(20)21)14(2)11-16(13)18-10-6-9-15-7-4-3-5-8-15/h3-5,7-8,11-12,18H,6,9-10H2,1-2H3. The van der Waals surface area contributed by atoms with E-state index in [1.54, 1.807) is 13.0 Å². The van der Waals surface area contributed by atoms with Crippen LogP contribution >= 0.6 is 0 Å². The van der Waals surface area contributed by atoms with E-state index in [1.807, 2.05) is 31.2 Å². The van der Waals surface area contributed by atoms with Gasteiger partial charge in [0.1, 0.15) is 0 Å². The highest BCUT2D eigenvalue weighted by molar-refractivity contribution is 5.59. The first kappa shape index (κ1) is 15.0. The maximum Gasteiger partial charge on any atom is 0.272 e. The van der Waals surface area contributed by atoms with Gasteiger partial charge in [0.25, 0.3) is 5.69 Å². The highest BCUT2D eigenvalue weighted by Gasteiger charge is 2.12. The van der Waals surface area contributed by atoms with Crippen molar-refractivity contribution >= 4 is 11.4 Å². The summed E-state index contributed by atoms with van der Waals surface area (Å²) in [6, 6.07) is 13.9. The van der Waals surface area contributed by atoms with Gasteiger partial charge in [-0.05, 0) is 43.9 Å². The van der Waals surface area contributed by atoms with Gasteiger partial charge in [-0.2, -0.15) is 0 Å². The number of rotatable bonds is 6. The predicted molar refractivity (Wildman–Crippen MR) is 85.8 cm³/mol. The fourth-order valence-electron chi connectivity index (χ4n) is 2.35. The van der Waals surface area contributed by atoms with E-state index in [1.165, 1.54) is 5.56 Å². The van der Waals surface area contributed by atoms with Crippen molar-refractivity contribution in [2.75, 3.05) is 11.9 Å². The average Bonchev–Trinajstić information content (AvgIpc) is 2.47. The largest absolute Gasteiger partial charge is 0.385 e. The van der Waals surface area contributed by atoms with Crippen LogP contribution in [0.5, 0.6) is 0 Å². The van der Waals surface area contributed by atoms with E-state index in [9.17, 15) is 10.1 Å². The number of nitro benzene ring substituents is 1. The monoisotopic (exact) mass is 284 g/mol. The molecule has 0 spiro atoms. The Kier molecular flexibility index (Phi) is 4.93. The minimum absolute atomic E-state index is 0.183. The van der Waals surface area contributed by atoms with Crippen LogP contribution in [0.1, 0.15) is 23.1 Å². The van der Waals surface area contributed by atoms with Crippen molar-refractivity contribution in [1.82, 2.24) is 0 Å². The molecule has 0 aliphatic carbocycles. The van der Waals surface area contributed by atoms with E-state index in [0.29, 0.717) is 5.56 Å². The maximum atomic E-state index is 10.9. The second-order valence-corrected chi connectivity index (χ2v) is 5.23. The van der Waals surface area contributed by atoms with Gasteiger partial charge in [-0.3, -0.25) is 10.1 Å². The molecule has 0 aliphatic rings. The second-order valence-electron chi connectivity index (χ2n) is 5.23. The van der Waals surface area contributed by atoms with E-state index >= 15 is 0 Å². The van der Waals surface area contributed by atoms with Crippen molar-refractivity contribution < 1.29 is 4.92 Å². The van der Waals surface area contributed by atoms with E-state index in [4.69, 9.17) is 0 Å². The van der Waals surface area contributed by atoms with Crippen molar-refractivity contribution in [1.29, 1.82) is 0 Å². The van der Waals surface area contributed by atoms with Crippen LogP contribution in [0, 0.1) is 24.0 Å². The highest BCUT2D eigenvalue weighted by Crippen LogP contribution is 2.25. The molecule has 0 bridgehead atoms. The SMILES string of the molecule is Cc1cc([N+](=O)[O-])c(C)cc1NCCCc1ccccc1. The molecule has 0 saturated carbocycles. The van der Waals surface area contributed by atoms with Gasteiger partial charge in [-0.15, -0.1) is 0 Å². The van der Waals surface area contributed by atoms with Crippen LogP contribution in [0.4, 0.5) is 11.4 Å². The lowest BCUT2D eigenvalue weighted by molar-refractivity contribution is -0.385. The van der Waals surface area contributed by atoms with Crippen molar-refractivity contribution in [3.63, 3.8) is 0 Å². The summed E-state index contributed by atoms with van der Waals surface area (Å²) >= 11 is 0. The quantitative estimate of drug-likeness (QED) is 0.490. The fraction of sp³-hybridized carbons (Fsp3) is 0.294. The number of nitro groups is 1. The Balaban J connectivity index is 1.92. The van der Waals surface area contributed by atoms with Crippen LogP contribution in [0.3, 0.4) is 0 Å². The summed E-state index contributed by atoms with van der Waals surface area (Å²) in [5.74, 6) is 0. The Morgan fingerprint density at radius 1 is 1.10 bits per heavy atom. The molecular weight excluding hydrogens is 264 g/mol. The zero-order valence-corrected chi connectivity index (χ0v) is 12.4. The molecule has 2 aromatic carbocycles. The molecule has 21 heavy (non-hydrogen) atoms. The van der Waals surface area contributed by atoms with Gasteiger partial charge < -0.3 is 5.32 Å². The lowest BCUT2D eigenvalue weighted by atomic mass is 10.1. The molecule has 0 aromatic heterocycles. The smallest absolute Gasteiger partial charge is 0.272 e. The lowest BCUT2D eigenvalue weighted by Crippen LogP contribution is -2.05. The zero-order chi connectivity index (χ0) is 15.2. The number of nitrogens with zero attached hydrogens (tertiary/aromatic N) is 1. The molecule has 4 nitrogen and oxygen atoms in total. The number of hydrogen-bond acceptors (Lipinski definition) is 3. The second kappa shape index (κ2) is 6.88. The molecule has 0 fully saturated rings. The molecular formula is C17H20N2O2. The van der Waals surface area contributed by atoms with E-state index in [-0.39, 0.29) is 10.6 Å². The van der Waals surface area contributed by atoms with Gasteiger partial charge in [-0.1, -0.05) is 30.3 Å². The Hall–Kier alpha value is -2.36. The Bertz CT molecular complexity index is 624. The van der Waals surface area contributed by atoms with E-state index in [2.05, 4.69) is 17.4 Å². The van der Waals surface area contributed by atoms with Crippen LogP contribution < -0.4 is 5.32 Å². The van der Waals surface area contributed by atoms with Crippen LogP contribution in [-0.4, -0.2) is 11.5 Å². The summed E-state index contributed by atoms with van der Waals surface area (Å²) in [7, 11) is 0. The average molecular weight is 284 g/mol. The number of nitrogens with one attached hydrogen (secondary N) is 1. The molecule has 0 aliphatic heterocycles. The highest BCUT2D eigenvalue weighted by atomic mass is 16.6. The first-order chi connectivity index (χ1) is 10.1. The topological polar surface area (TPSA) is 55.2 Å². The molecule has 0 heterocycles.